The summed E-state index contributed by atoms with van der Waals surface area (Å²) in [4.78, 5) is 37.5. The largest absolute Gasteiger partial charge is 0.756 e. The Labute approximate surface area is 354 Å². The summed E-state index contributed by atoms with van der Waals surface area (Å²) in [6.07, 6.45) is 50.4. The van der Waals surface area contributed by atoms with Crippen molar-refractivity contribution in [2.24, 2.45) is 0 Å². The Hall–Kier alpha value is -2.81. The quantitative estimate of drug-likeness (QED) is 0.0198. The number of ether oxygens (including phenoxy) is 2. The summed E-state index contributed by atoms with van der Waals surface area (Å²) in [7, 11) is 1.12. The van der Waals surface area contributed by atoms with Crippen molar-refractivity contribution in [1.29, 1.82) is 0 Å². The number of likely N-dealkylation sites (N-methyl/N-ethyl adjacent to an activating group) is 1. The summed E-state index contributed by atoms with van der Waals surface area (Å²) >= 11 is 0. The molecule has 0 saturated heterocycles. The zero-order valence-corrected chi connectivity index (χ0v) is 38.1. The van der Waals surface area contributed by atoms with Crippen molar-refractivity contribution < 1.29 is 42.1 Å². The molecule has 0 aromatic heterocycles. The molecule has 0 N–H and O–H groups in total. The van der Waals surface area contributed by atoms with Crippen LogP contribution >= 0.6 is 7.82 Å². The van der Waals surface area contributed by atoms with E-state index in [1.807, 2.05) is 21.1 Å². The van der Waals surface area contributed by atoms with Crippen molar-refractivity contribution in [2.45, 2.75) is 161 Å². The molecule has 0 bridgehead atoms. The highest BCUT2D eigenvalue weighted by molar-refractivity contribution is 7.45. The number of allylic oxidation sites excluding steroid dienone is 14. The number of phosphoric ester groups is 1. The van der Waals surface area contributed by atoms with Gasteiger partial charge in [0.2, 0.25) is 0 Å². The molecule has 2 atom stereocenters. The van der Waals surface area contributed by atoms with Gasteiger partial charge >= 0.3 is 11.9 Å². The van der Waals surface area contributed by atoms with Crippen molar-refractivity contribution >= 4 is 19.8 Å². The maximum absolute atomic E-state index is 12.7. The molecule has 332 valence electrons. The molecule has 0 spiro atoms. The third-order valence-electron chi connectivity index (χ3n) is 8.90. The lowest BCUT2D eigenvalue weighted by molar-refractivity contribution is -0.870. The van der Waals surface area contributed by atoms with Gasteiger partial charge in [0, 0.05) is 12.8 Å². The number of carbonyl (C=O) groups excluding carboxylic acids is 2. The van der Waals surface area contributed by atoms with E-state index in [0.29, 0.717) is 23.9 Å². The van der Waals surface area contributed by atoms with Crippen LogP contribution in [0.25, 0.3) is 0 Å². The number of phosphoric acid groups is 1. The van der Waals surface area contributed by atoms with Crippen molar-refractivity contribution in [3.8, 4) is 0 Å². The van der Waals surface area contributed by atoms with Crippen LogP contribution in [0.5, 0.6) is 0 Å². The lowest BCUT2D eigenvalue weighted by Crippen LogP contribution is -2.37. The summed E-state index contributed by atoms with van der Waals surface area (Å²) < 4.78 is 33.9. The van der Waals surface area contributed by atoms with Gasteiger partial charge in [0.25, 0.3) is 7.82 Å². The van der Waals surface area contributed by atoms with E-state index < -0.39 is 32.5 Å². The fraction of sp³-hybridized carbons (Fsp3) is 0.667. The zero-order valence-electron chi connectivity index (χ0n) is 37.2. The number of esters is 2. The van der Waals surface area contributed by atoms with Crippen molar-refractivity contribution in [2.75, 3.05) is 47.5 Å². The SMILES string of the molecule is CC/C=C/C/C=C/C/C=C/CCCCCCCC(=O)OC[C@H](COP(=O)([O-])OCC[N+](C)(C)C)OC(=O)CCCCC/C=C/C/C=C/C/C=C/C/C=C/CCCCC. The van der Waals surface area contributed by atoms with Crippen molar-refractivity contribution in [3.63, 3.8) is 0 Å². The molecular formula is C48H82NO8P. The second kappa shape index (κ2) is 39.6. The molecule has 0 aromatic rings. The van der Waals surface area contributed by atoms with Crippen molar-refractivity contribution in [1.82, 2.24) is 0 Å². The molecule has 0 aliphatic heterocycles. The highest BCUT2D eigenvalue weighted by Gasteiger charge is 2.21. The highest BCUT2D eigenvalue weighted by Crippen LogP contribution is 2.38. The molecule has 0 aromatic carbocycles. The third kappa shape index (κ3) is 42.8. The Morgan fingerprint density at radius 1 is 0.552 bits per heavy atom. The normalized spacial score (nSPS) is 14.4. The Morgan fingerprint density at radius 2 is 0.983 bits per heavy atom. The average Bonchev–Trinajstić information content (AvgIpc) is 3.17. The molecule has 10 heteroatoms. The monoisotopic (exact) mass is 832 g/mol. The molecule has 0 heterocycles. The van der Waals surface area contributed by atoms with Gasteiger partial charge < -0.3 is 27.9 Å². The van der Waals surface area contributed by atoms with Crippen LogP contribution in [0.1, 0.15) is 155 Å². The lowest BCUT2D eigenvalue weighted by atomic mass is 10.1. The van der Waals surface area contributed by atoms with Crippen LogP contribution in [0.4, 0.5) is 0 Å². The predicted molar refractivity (Wildman–Crippen MR) is 240 cm³/mol. The Morgan fingerprint density at radius 3 is 1.48 bits per heavy atom. The first-order valence-corrected chi connectivity index (χ1v) is 23.8. The van der Waals surface area contributed by atoms with Crippen LogP contribution in [-0.2, 0) is 32.7 Å². The average molecular weight is 832 g/mol. The first-order chi connectivity index (χ1) is 28.0. The molecule has 58 heavy (non-hydrogen) atoms. The molecular weight excluding hydrogens is 750 g/mol. The second-order valence-corrected chi connectivity index (χ2v) is 17.1. The summed E-state index contributed by atoms with van der Waals surface area (Å²) in [6, 6.07) is 0. The minimum Gasteiger partial charge on any atom is -0.756 e. The molecule has 0 aliphatic carbocycles. The standard InChI is InChI=1S/C48H82NO8P/c1-6-8-10-12-14-16-18-20-22-23-24-25-27-29-31-33-35-37-39-41-48(51)57-46(45-56-58(52,53)55-43-42-49(3,4)5)44-54-47(50)40-38-36-34-32-30-28-26-21-19-17-15-13-11-9-7-2/h9,11,14-17,20-22,24-26,29,31,46H,6-8,10,12-13,18-19,23,27-28,30,32-45H2,1-5H3/b11-9+,16-14+,17-15+,22-20+,25-24+,26-21+,31-29+/t46-/m1/s1. The molecule has 0 amide bonds. The highest BCUT2D eigenvalue weighted by atomic mass is 31.2. The van der Waals surface area contributed by atoms with E-state index >= 15 is 0 Å². The van der Waals surface area contributed by atoms with E-state index in [4.69, 9.17) is 18.5 Å². The summed E-state index contributed by atoms with van der Waals surface area (Å²) in [5.74, 6) is -0.899. The topological polar surface area (TPSA) is 111 Å². The van der Waals surface area contributed by atoms with E-state index in [9.17, 15) is 19.0 Å². The molecule has 0 rings (SSSR count). The fourth-order valence-electron chi connectivity index (χ4n) is 5.41. The fourth-order valence-corrected chi connectivity index (χ4v) is 6.14. The van der Waals surface area contributed by atoms with Crippen LogP contribution in [-0.4, -0.2) is 70.0 Å². The number of nitrogens with zero attached hydrogens (tertiary/aromatic N) is 1. The molecule has 0 fully saturated rings. The summed E-state index contributed by atoms with van der Waals surface area (Å²) in [6.45, 7) is 4.00. The first-order valence-electron chi connectivity index (χ1n) is 22.3. The first kappa shape index (κ1) is 55.2. The molecule has 0 radical (unpaired) electrons. The van der Waals surface area contributed by atoms with Gasteiger partial charge in [-0.3, -0.25) is 14.2 Å². The van der Waals surface area contributed by atoms with Crippen LogP contribution in [0.2, 0.25) is 0 Å². The lowest BCUT2D eigenvalue weighted by Gasteiger charge is -2.28. The van der Waals surface area contributed by atoms with E-state index in [-0.39, 0.29) is 26.1 Å². The second-order valence-electron chi connectivity index (χ2n) is 15.7. The summed E-state index contributed by atoms with van der Waals surface area (Å²) in [5.41, 5.74) is 0. The van der Waals surface area contributed by atoms with Gasteiger partial charge in [-0.25, -0.2) is 0 Å². The van der Waals surface area contributed by atoms with Crippen LogP contribution in [0, 0.1) is 0 Å². The zero-order chi connectivity index (χ0) is 42.8. The van der Waals surface area contributed by atoms with E-state index in [0.717, 1.165) is 89.9 Å². The number of rotatable bonds is 39. The van der Waals surface area contributed by atoms with E-state index in [2.05, 4.69) is 98.9 Å². The number of unbranched alkanes of at least 4 members (excludes halogenated alkanes) is 11. The van der Waals surface area contributed by atoms with Gasteiger partial charge in [-0.15, -0.1) is 0 Å². The molecule has 0 aliphatic rings. The van der Waals surface area contributed by atoms with E-state index in [1.54, 1.807) is 0 Å². The van der Waals surface area contributed by atoms with Gasteiger partial charge in [-0.2, -0.15) is 0 Å². The maximum Gasteiger partial charge on any atom is 0.306 e. The number of carbonyl (C=O) groups is 2. The Bertz CT molecular complexity index is 1260. The van der Waals surface area contributed by atoms with Gasteiger partial charge in [0.1, 0.15) is 19.8 Å². The minimum absolute atomic E-state index is 0.0451. The Kier molecular flexibility index (Phi) is 37.7. The Balaban J connectivity index is 4.47. The smallest absolute Gasteiger partial charge is 0.306 e. The van der Waals surface area contributed by atoms with E-state index in [1.165, 1.54) is 25.7 Å². The van der Waals surface area contributed by atoms with Gasteiger partial charge in [-0.05, 0) is 89.9 Å². The number of quaternary nitrogens is 1. The third-order valence-corrected chi connectivity index (χ3v) is 9.86. The van der Waals surface area contributed by atoms with Crippen LogP contribution in [0.3, 0.4) is 0 Å². The number of hydrogen-bond acceptors (Lipinski definition) is 8. The predicted octanol–water partition coefficient (Wildman–Crippen LogP) is 12.2. The minimum atomic E-state index is -4.64. The van der Waals surface area contributed by atoms with Crippen LogP contribution in [0.15, 0.2) is 85.1 Å². The van der Waals surface area contributed by atoms with Gasteiger partial charge in [0.15, 0.2) is 6.10 Å². The van der Waals surface area contributed by atoms with Crippen molar-refractivity contribution in [3.05, 3.63) is 85.1 Å². The van der Waals surface area contributed by atoms with Crippen LogP contribution < -0.4 is 4.89 Å². The molecule has 9 nitrogen and oxygen atoms in total. The maximum atomic E-state index is 12.7. The van der Waals surface area contributed by atoms with Gasteiger partial charge in [-0.1, -0.05) is 137 Å². The van der Waals surface area contributed by atoms with Gasteiger partial charge in [0.05, 0.1) is 27.7 Å². The molecule has 1 unspecified atom stereocenters. The number of hydrogen-bond donors (Lipinski definition) is 0. The summed E-state index contributed by atoms with van der Waals surface area (Å²) in [5, 5.41) is 0. The molecule has 0 saturated carbocycles.